The van der Waals surface area contributed by atoms with E-state index in [1.165, 1.54) is 6.07 Å². The van der Waals surface area contributed by atoms with Gasteiger partial charge in [0.25, 0.3) is 0 Å². The van der Waals surface area contributed by atoms with E-state index < -0.39 is 40.1 Å². The number of urea groups is 1. The van der Waals surface area contributed by atoms with Crippen LogP contribution in [0.1, 0.15) is 55.5 Å². The van der Waals surface area contributed by atoms with Crippen LogP contribution < -0.4 is 30.5 Å². The Kier molecular flexibility index (Phi) is 15.8. The minimum absolute atomic E-state index is 0. The molecule has 52 heavy (non-hydrogen) atoms. The van der Waals surface area contributed by atoms with Crippen LogP contribution in [0.2, 0.25) is 0 Å². The van der Waals surface area contributed by atoms with E-state index in [9.17, 15) is 36.0 Å². The van der Waals surface area contributed by atoms with E-state index in [0.717, 1.165) is 5.56 Å². The van der Waals surface area contributed by atoms with Crippen molar-refractivity contribution >= 4 is 53.1 Å². The normalized spacial score (nSPS) is 16.5. The van der Waals surface area contributed by atoms with E-state index in [2.05, 4.69) is 36.7 Å². The number of carboxylic acid groups (broad SMARTS) is 1. The molecule has 4 rings (SSSR count). The smallest absolute Gasteiger partial charge is 0.451 e. The monoisotopic (exact) mass is 771 g/mol. The summed E-state index contributed by atoms with van der Waals surface area (Å²) in [5.74, 6) is -2.78. The maximum atomic E-state index is 14.0. The standard InChI is InChI=1S/C32H42F3N9O6S.H2S/c33-32(34,35)30-41-26(20-27(42-30)44-16-1-2-25(44)29(47)37-12-7-22-3-5-24(21-36)6-4-22)43-17-10-23(11-18-43)8-14-40-51(49,50)19-15-39-31(48)38-13-9-28(45)46;/h3-6,20,23,25,40H,1-2,7-19H2,(H,37,47)(H,45,46)(H2,38,39,48);1H2/t25-;/m0./s1. The topological polar surface area (TPSA) is 210 Å². The lowest BCUT2D eigenvalue weighted by Crippen LogP contribution is -2.44. The second kappa shape index (κ2) is 19.5. The molecular weight excluding hydrogens is 728 g/mol. The van der Waals surface area contributed by atoms with Crippen LogP contribution in [0.3, 0.4) is 0 Å². The molecule has 15 nitrogen and oxygen atoms in total. The van der Waals surface area contributed by atoms with Crippen LogP contribution in [-0.4, -0.2) is 99.0 Å². The van der Waals surface area contributed by atoms with Gasteiger partial charge in [-0.2, -0.15) is 31.9 Å². The molecule has 0 aliphatic carbocycles. The van der Waals surface area contributed by atoms with E-state index in [1.54, 1.807) is 34.1 Å². The fourth-order valence-electron chi connectivity index (χ4n) is 5.95. The van der Waals surface area contributed by atoms with Gasteiger partial charge in [0.1, 0.15) is 17.7 Å². The van der Waals surface area contributed by atoms with Gasteiger partial charge < -0.3 is 30.9 Å². The van der Waals surface area contributed by atoms with Crippen molar-refractivity contribution in [1.29, 1.82) is 5.26 Å². The number of aliphatic carboxylic acids is 1. The van der Waals surface area contributed by atoms with Crippen molar-refractivity contribution in [2.24, 2.45) is 5.92 Å². The van der Waals surface area contributed by atoms with Gasteiger partial charge in [0, 0.05) is 51.9 Å². The Balaban J connectivity index is 0.00000729. The predicted molar refractivity (Wildman–Crippen MR) is 191 cm³/mol. The van der Waals surface area contributed by atoms with Gasteiger partial charge in [-0.1, -0.05) is 12.1 Å². The number of hydrogen-bond acceptors (Lipinski definition) is 10. The molecule has 5 N–H and O–H groups in total. The second-order valence-corrected chi connectivity index (χ2v) is 14.3. The first-order valence-corrected chi connectivity index (χ1v) is 18.3. The zero-order valence-electron chi connectivity index (χ0n) is 28.4. The largest absolute Gasteiger partial charge is 0.481 e. The lowest BCUT2D eigenvalue weighted by molar-refractivity contribution is -0.144. The molecule has 0 bridgehead atoms. The second-order valence-electron chi connectivity index (χ2n) is 12.4. The Morgan fingerprint density at radius 2 is 1.62 bits per heavy atom. The van der Waals surface area contributed by atoms with Crippen molar-refractivity contribution in [2.75, 3.05) is 61.4 Å². The zero-order chi connectivity index (χ0) is 37.0. The molecule has 0 spiro atoms. The minimum Gasteiger partial charge on any atom is -0.481 e. The lowest BCUT2D eigenvalue weighted by Gasteiger charge is -2.34. The first kappa shape index (κ1) is 42.1. The number of anilines is 2. The number of carbonyl (C=O) groups excluding carboxylic acids is 2. The van der Waals surface area contributed by atoms with Gasteiger partial charge in [0.2, 0.25) is 21.8 Å². The Morgan fingerprint density at radius 1 is 0.942 bits per heavy atom. The quantitative estimate of drug-likeness (QED) is 0.167. The van der Waals surface area contributed by atoms with Crippen LogP contribution in [0, 0.1) is 17.2 Å². The molecular formula is C32H44F3N9O6S2. The third-order valence-corrected chi connectivity index (χ3v) is 10.1. The first-order valence-electron chi connectivity index (χ1n) is 16.7. The van der Waals surface area contributed by atoms with Crippen LogP contribution in [0.15, 0.2) is 30.3 Å². The highest BCUT2D eigenvalue weighted by Crippen LogP contribution is 2.34. The molecule has 2 aromatic rings. The number of halogens is 3. The van der Waals surface area contributed by atoms with Crippen molar-refractivity contribution in [3.05, 3.63) is 47.3 Å². The van der Waals surface area contributed by atoms with Gasteiger partial charge in [-0.3, -0.25) is 9.59 Å². The van der Waals surface area contributed by atoms with Crippen molar-refractivity contribution < 1.29 is 41.1 Å². The number of nitrogens with zero attached hydrogens (tertiary/aromatic N) is 5. The molecule has 286 valence electrons. The molecule has 0 unspecified atom stereocenters. The fraction of sp³-hybridized carbons (Fsp3) is 0.562. The van der Waals surface area contributed by atoms with Crippen molar-refractivity contribution in [3.63, 3.8) is 0 Å². The number of benzene rings is 1. The number of aromatic nitrogens is 2. The highest BCUT2D eigenvalue weighted by Gasteiger charge is 2.39. The van der Waals surface area contributed by atoms with Crippen LogP contribution in [0.4, 0.5) is 29.6 Å². The molecule has 20 heteroatoms. The molecule has 0 saturated carbocycles. The molecule has 2 aliphatic rings. The average Bonchev–Trinajstić information content (AvgIpc) is 3.58. The van der Waals surface area contributed by atoms with Gasteiger partial charge in [-0.25, -0.2) is 27.9 Å². The third kappa shape index (κ3) is 13.0. The Labute approximate surface area is 307 Å². The molecule has 1 atom stereocenters. The van der Waals surface area contributed by atoms with Gasteiger partial charge in [0.05, 0.1) is 23.8 Å². The molecule has 2 saturated heterocycles. The predicted octanol–water partition coefficient (Wildman–Crippen LogP) is 2.11. The number of carbonyl (C=O) groups is 3. The van der Waals surface area contributed by atoms with Crippen LogP contribution in [-0.2, 0) is 32.2 Å². The number of sulfonamides is 1. The summed E-state index contributed by atoms with van der Waals surface area (Å²) in [5.41, 5.74) is 1.46. The number of nitriles is 1. The zero-order valence-corrected chi connectivity index (χ0v) is 30.2. The molecule has 2 aliphatic heterocycles. The summed E-state index contributed by atoms with van der Waals surface area (Å²) in [6, 6.07) is 9.17. The highest BCUT2D eigenvalue weighted by molar-refractivity contribution is 7.89. The Hall–Kier alpha value is -4.35. The van der Waals surface area contributed by atoms with E-state index in [-0.39, 0.29) is 68.8 Å². The van der Waals surface area contributed by atoms with Crippen LogP contribution in [0.5, 0.6) is 0 Å². The SMILES string of the molecule is N#Cc1ccc(CCNC(=O)[C@@H]2CCCN2c2cc(N3CCC(CCNS(=O)(=O)CCNC(=O)NCCC(=O)O)CC3)nc(C(F)(F)F)n2)cc1.S. The Bertz CT molecular complexity index is 1670. The third-order valence-electron chi connectivity index (χ3n) is 8.69. The molecule has 0 radical (unpaired) electrons. The van der Waals surface area contributed by atoms with Crippen molar-refractivity contribution in [1.82, 2.24) is 30.6 Å². The number of carboxylic acids is 1. The first-order chi connectivity index (χ1) is 24.2. The van der Waals surface area contributed by atoms with E-state index in [1.807, 2.05) is 0 Å². The molecule has 2 fully saturated rings. The number of alkyl halides is 3. The average molecular weight is 772 g/mol. The van der Waals surface area contributed by atoms with Gasteiger partial charge >= 0.3 is 18.2 Å². The van der Waals surface area contributed by atoms with Gasteiger partial charge in [-0.15, -0.1) is 0 Å². The molecule has 3 heterocycles. The summed E-state index contributed by atoms with van der Waals surface area (Å²) in [4.78, 5) is 46.3. The maximum Gasteiger partial charge on any atom is 0.451 e. The summed E-state index contributed by atoms with van der Waals surface area (Å²) in [7, 11) is -3.69. The van der Waals surface area contributed by atoms with E-state index in [4.69, 9.17) is 10.4 Å². The molecule has 1 aromatic heterocycles. The van der Waals surface area contributed by atoms with Gasteiger partial charge in [0.15, 0.2) is 0 Å². The summed E-state index contributed by atoms with van der Waals surface area (Å²) in [6.07, 6.45) is -1.79. The molecule has 3 amide bonds. The number of rotatable bonds is 16. The number of hydrogen-bond donors (Lipinski definition) is 5. The summed E-state index contributed by atoms with van der Waals surface area (Å²) in [5, 5.41) is 25.1. The summed E-state index contributed by atoms with van der Waals surface area (Å²) >= 11 is 0. The van der Waals surface area contributed by atoms with Crippen molar-refractivity contribution in [2.45, 2.75) is 57.2 Å². The van der Waals surface area contributed by atoms with E-state index >= 15 is 0 Å². The number of nitrogens with one attached hydrogen (secondary N) is 4. The van der Waals surface area contributed by atoms with Crippen LogP contribution in [0.25, 0.3) is 0 Å². The van der Waals surface area contributed by atoms with E-state index in [0.29, 0.717) is 70.3 Å². The highest BCUT2D eigenvalue weighted by atomic mass is 32.2. The minimum atomic E-state index is -4.81. The number of piperidine rings is 1. The maximum absolute atomic E-state index is 14.0. The van der Waals surface area contributed by atoms with Gasteiger partial charge in [-0.05, 0) is 62.1 Å². The lowest BCUT2D eigenvalue weighted by atomic mass is 9.94. The summed E-state index contributed by atoms with van der Waals surface area (Å²) < 4.78 is 69.1. The fourth-order valence-corrected chi connectivity index (χ4v) is 6.90. The van der Waals surface area contributed by atoms with Crippen molar-refractivity contribution in [3.8, 4) is 6.07 Å². The number of amides is 3. The molecule has 1 aromatic carbocycles. The van der Waals surface area contributed by atoms with Crippen LogP contribution >= 0.6 is 13.5 Å². The summed E-state index contributed by atoms with van der Waals surface area (Å²) in [6.45, 7) is 1.36. The Morgan fingerprint density at radius 3 is 2.27 bits per heavy atom.